The Morgan fingerprint density at radius 2 is 1.45 bits per heavy atom. The van der Waals surface area contributed by atoms with E-state index >= 15 is 0 Å². The third-order valence-corrected chi connectivity index (χ3v) is 9.00. The Labute approximate surface area is 271 Å². The molecule has 0 radical (unpaired) electrons. The Balaban J connectivity index is 0.000000150. The Kier molecular flexibility index (Phi) is 7.55. The summed E-state index contributed by atoms with van der Waals surface area (Å²) in [4.78, 5) is 26.2. The summed E-state index contributed by atoms with van der Waals surface area (Å²) in [5.41, 5.74) is 6.20. The molecule has 0 saturated heterocycles. The van der Waals surface area contributed by atoms with E-state index < -0.39 is 11.6 Å². The summed E-state index contributed by atoms with van der Waals surface area (Å²) in [6.45, 7) is 4.26. The number of hydrogen-bond donors (Lipinski definition) is 1. The van der Waals surface area contributed by atoms with Gasteiger partial charge >= 0.3 is 0 Å². The fraction of sp³-hybridized carbons (Fsp3) is 0.167. The molecule has 0 atom stereocenters. The highest BCUT2D eigenvalue weighted by atomic mass is 35.5. The summed E-state index contributed by atoms with van der Waals surface area (Å²) in [5, 5.41) is 4.83. The van der Waals surface area contributed by atoms with Gasteiger partial charge in [0.15, 0.2) is 11.6 Å². The van der Waals surface area contributed by atoms with Crippen LogP contribution in [0.3, 0.4) is 0 Å². The molecular formula is C36H27ClF4N4O2. The average Bonchev–Trinajstić information content (AvgIpc) is 3.56. The van der Waals surface area contributed by atoms with Crippen molar-refractivity contribution in [3.05, 3.63) is 118 Å². The number of likely N-dealkylation sites (N-methyl/N-ethyl adjacent to an activating group) is 1. The van der Waals surface area contributed by atoms with E-state index in [1.807, 2.05) is 16.1 Å². The quantitative estimate of drug-likeness (QED) is 0.192. The third-order valence-electron chi connectivity index (χ3n) is 8.78. The van der Waals surface area contributed by atoms with Crippen molar-refractivity contribution in [3.8, 4) is 22.3 Å². The SMILES string of the molecule is CN1CCn2c(cc3cc(F)cc(-c4ccc(F)cc4)c32)C1=O.Cc1c2n(c3c(-c4ccc(F)c(F)c4)cc(Cl)cc13)CCNC2=O. The molecule has 0 fully saturated rings. The van der Waals surface area contributed by atoms with Crippen LogP contribution in [-0.4, -0.2) is 46.0 Å². The van der Waals surface area contributed by atoms with E-state index in [1.54, 1.807) is 42.3 Å². The van der Waals surface area contributed by atoms with Gasteiger partial charge < -0.3 is 19.4 Å². The van der Waals surface area contributed by atoms with Gasteiger partial charge in [0.2, 0.25) is 0 Å². The van der Waals surface area contributed by atoms with Crippen molar-refractivity contribution in [1.29, 1.82) is 0 Å². The number of carbonyl (C=O) groups is 2. The molecule has 2 amide bonds. The van der Waals surface area contributed by atoms with Gasteiger partial charge in [0.05, 0.1) is 11.0 Å². The lowest BCUT2D eigenvalue weighted by molar-refractivity contribution is 0.0751. The van der Waals surface area contributed by atoms with E-state index in [4.69, 9.17) is 11.6 Å². The average molecular weight is 659 g/mol. The second-order valence-electron chi connectivity index (χ2n) is 11.7. The van der Waals surface area contributed by atoms with Crippen LogP contribution in [0.1, 0.15) is 26.5 Å². The molecule has 0 spiro atoms. The predicted molar refractivity (Wildman–Crippen MR) is 174 cm³/mol. The Morgan fingerprint density at radius 1 is 0.723 bits per heavy atom. The number of benzene rings is 4. The Bertz CT molecular complexity index is 2260. The van der Waals surface area contributed by atoms with Gasteiger partial charge in [-0.3, -0.25) is 9.59 Å². The highest BCUT2D eigenvalue weighted by Gasteiger charge is 2.27. The van der Waals surface area contributed by atoms with E-state index in [2.05, 4.69) is 5.32 Å². The fourth-order valence-corrected chi connectivity index (χ4v) is 6.78. The van der Waals surface area contributed by atoms with Gasteiger partial charge in [-0.25, -0.2) is 17.6 Å². The van der Waals surface area contributed by atoms with Crippen LogP contribution in [-0.2, 0) is 13.1 Å². The van der Waals surface area contributed by atoms with Crippen molar-refractivity contribution < 1.29 is 27.2 Å². The first-order valence-corrected chi connectivity index (χ1v) is 15.3. The van der Waals surface area contributed by atoms with Crippen LogP contribution in [0.2, 0.25) is 5.02 Å². The van der Waals surface area contributed by atoms with Crippen LogP contribution in [0, 0.1) is 30.2 Å². The molecule has 1 N–H and O–H groups in total. The maximum absolute atomic E-state index is 14.0. The van der Waals surface area contributed by atoms with Crippen LogP contribution in [0.15, 0.2) is 72.8 Å². The normalized spacial score (nSPS) is 14.1. The molecule has 0 unspecified atom stereocenters. The number of hydrogen-bond acceptors (Lipinski definition) is 2. The van der Waals surface area contributed by atoms with E-state index in [0.717, 1.165) is 39.7 Å². The lowest BCUT2D eigenvalue weighted by atomic mass is 10.0. The maximum Gasteiger partial charge on any atom is 0.270 e. The number of amides is 2. The molecule has 2 aliphatic heterocycles. The van der Waals surface area contributed by atoms with Gasteiger partial charge in [-0.15, -0.1) is 0 Å². The molecule has 2 aliphatic rings. The first kappa shape index (κ1) is 30.6. The van der Waals surface area contributed by atoms with Crippen molar-refractivity contribution in [1.82, 2.24) is 19.4 Å². The molecule has 2 aromatic heterocycles. The lowest BCUT2D eigenvalue weighted by Crippen LogP contribution is -2.36. The zero-order valence-corrected chi connectivity index (χ0v) is 26.1. The smallest absolute Gasteiger partial charge is 0.270 e. The molecule has 11 heteroatoms. The highest BCUT2D eigenvalue weighted by Crippen LogP contribution is 2.38. The molecule has 6 aromatic rings. The van der Waals surface area contributed by atoms with E-state index in [-0.39, 0.29) is 23.4 Å². The summed E-state index contributed by atoms with van der Waals surface area (Å²) in [6.07, 6.45) is 0. The van der Waals surface area contributed by atoms with Crippen LogP contribution in [0.25, 0.3) is 44.1 Å². The van der Waals surface area contributed by atoms with E-state index in [0.29, 0.717) is 64.7 Å². The minimum Gasteiger partial charge on any atom is -0.349 e. The second-order valence-corrected chi connectivity index (χ2v) is 12.1. The maximum atomic E-state index is 14.0. The molecule has 4 aromatic carbocycles. The molecule has 4 heterocycles. The minimum absolute atomic E-state index is 0.0714. The summed E-state index contributed by atoms with van der Waals surface area (Å²) in [6, 6.07) is 17.8. The monoisotopic (exact) mass is 658 g/mol. The Morgan fingerprint density at radius 3 is 2.19 bits per heavy atom. The standard InChI is InChI=1S/C18H13ClF2N2O.C18H14F2N2O/c1-9-12-7-11(19)8-13(10-2-3-14(20)15(21)6-10)17(12)23-5-4-22-18(24)16(9)23;1-21-6-7-22-16(18(21)23)9-12-8-14(20)10-15(17(12)22)11-2-4-13(19)5-3-11/h2-3,6-8H,4-5H2,1H3,(H,22,24);2-5,8-10H,6-7H2,1H3. The third kappa shape index (κ3) is 5.22. The molecule has 6 nitrogen and oxygen atoms in total. The van der Waals surface area contributed by atoms with Gasteiger partial charge in [-0.2, -0.15) is 0 Å². The predicted octanol–water partition coefficient (Wildman–Crippen LogP) is 7.96. The van der Waals surface area contributed by atoms with Crippen molar-refractivity contribution in [2.45, 2.75) is 20.0 Å². The number of rotatable bonds is 2. The number of halogens is 5. The molecule has 8 rings (SSSR count). The number of fused-ring (bicyclic) bond motifs is 6. The molecular weight excluding hydrogens is 632 g/mol. The second kappa shape index (κ2) is 11.6. The van der Waals surface area contributed by atoms with Crippen molar-refractivity contribution in [2.24, 2.45) is 0 Å². The summed E-state index contributed by atoms with van der Waals surface area (Å²) >= 11 is 6.24. The minimum atomic E-state index is -0.916. The number of carbonyl (C=O) groups excluding carboxylic acids is 2. The first-order chi connectivity index (χ1) is 22.5. The van der Waals surface area contributed by atoms with Gasteiger partial charge in [0, 0.05) is 60.1 Å². The molecule has 0 bridgehead atoms. The summed E-state index contributed by atoms with van der Waals surface area (Å²) < 4.78 is 58.0. The van der Waals surface area contributed by atoms with Gasteiger partial charge in [-0.05, 0) is 78.2 Å². The zero-order valence-electron chi connectivity index (χ0n) is 25.3. The number of nitrogens with one attached hydrogen (secondary N) is 1. The van der Waals surface area contributed by atoms with Gasteiger partial charge in [0.25, 0.3) is 11.8 Å². The molecule has 0 saturated carbocycles. The highest BCUT2D eigenvalue weighted by molar-refractivity contribution is 6.32. The largest absolute Gasteiger partial charge is 0.349 e. The number of nitrogens with zero attached hydrogens (tertiary/aromatic N) is 3. The zero-order chi connectivity index (χ0) is 33.1. The fourth-order valence-electron chi connectivity index (χ4n) is 6.57. The Hall–Kier alpha value is -5.09. The van der Waals surface area contributed by atoms with Crippen LogP contribution >= 0.6 is 11.6 Å². The van der Waals surface area contributed by atoms with Crippen LogP contribution in [0.5, 0.6) is 0 Å². The van der Waals surface area contributed by atoms with E-state index in [9.17, 15) is 27.2 Å². The number of aromatic nitrogens is 2. The number of aryl methyl sites for hydroxylation is 1. The van der Waals surface area contributed by atoms with Crippen molar-refractivity contribution in [2.75, 3.05) is 20.1 Å². The van der Waals surface area contributed by atoms with Crippen LogP contribution < -0.4 is 5.32 Å². The topological polar surface area (TPSA) is 59.3 Å². The van der Waals surface area contributed by atoms with E-state index in [1.165, 1.54) is 30.3 Å². The van der Waals surface area contributed by atoms with Crippen molar-refractivity contribution >= 4 is 45.2 Å². The van der Waals surface area contributed by atoms with Crippen molar-refractivity contribution in [3.63, 3.8) is 0 Å². The molecule has 238 valence electrons. The van der Waals surface area contributed by atoms with Gasteiger partial charge in [-0.1, -0.05) is 29.8 Å². The van der Waals surface area contributed by atoms with Crippen LogP contribution in [0.4, 0.5) is 17.6 Å². The molecule has 0 aliphatic carbocycles. The lowest BCUT2D eigenvalue weighted by Gasteiger charge is -2.25. The summed E-state index contributed by atoms with van der Waals surface area (Å²) in [5.74, 6) is -2.73. The molecule has 47 heavy (non-hydrogen) atoms. The summed E-state index contributed by atoms with van der Waals surface area (Å²) in [7, 11) is 1.75. The first-order valence-electron chi connectivity index (χ1n) is 14.9. The van der Waals surface area contributed by atoms with Gasteiger partial charge in [0.1, 0.15) is 23.0 Å².